The number of carbonyl (C=O) groups excluding carboxylic acids is 1. The van der Waals surface area contributed by atoms with Crippen LogP contribution in [0.2, 0.25) is 0 Å². The largest absolute Gasteiger partial charge is 0.505 e. The summed E-state index contributed by atoms with van der Waals surface area (Å²) in [7, 11) is -4.83. The molecule has 0 heterocycles. The SMILES string of the molecule is Nc1cc(N=Nc2c(S(=O)(=O)O)cc3ccc(Nc4cccc(C(=O)O)c4)cc3c2O)ccc1N=Nc1ccc(C=O)cc1. The predicted molar refractivity (Wildman–Crippen MR) is 163 cm³/mol. The fraction of sp³-hybridized carbons (Fsp3) is 0. The first-order valence-corrected chi connectivity index (χ1v) is 14.1. The van der Waals surface area contributed by atoms with Gasteiger partial charge in [0.05, 0.1) is 22.6 Å². The molecule has 0 aliphatic carbocycles. The van der Waals surface area contributed by atoms with E-state index in [9.17, 15) is 32.8 Å². The van der Waals surface area contributed by atoms with Crippen LogP contribution in [0, 0.1) is 0 Å². The number of nitrogen functional groups attached to an aromatic ring is 1. The van der Waals surface area contributed by atoms with Gasteiger partial charge >= 0.3 is 5.97 Å². The van der Waals surface area contributed by atoms with Crippen LogP contribution in [0.15, 0.2) is 116 Å². The molecule has 0 aliphatic rings. The number of aldehydes is 1. The smallest absolute Gasteiger partial charge is 0.335 e. The van der Waals surface area contributed by atoms with Crippen LogP contribution in [0.3, 0.4) is 0 Å². The fourth-order valence-electron chi connectivity index (χ4n) is 4.14. The average Bonchev–Trinajstić information content (AvgIpc) is 3.00. The minimum atomic E-state index is -4.83. The minimum absolute atomic E-state index is 0.0706. The Hall–Kier alpha value is -5.99. The summed E-state index contributed by atoms with van der Waals surface area (Å²) in [6, 6.07) is 22.7. The number of anilines is 3. The number of aromatic hydroxyl groups is 1. The number of phenols is 1. The van der Waals surface area contributed by atoms with Crippen molar-refractivity contribution in [2.24, 2.45) is 20.5 Å². The van der Waals surface area contributed by atoms with E-state index in [2.05, 4.69) is 25.8 Å². The summed E-state index contributed by atoms with van der Waals surface area (Å²) >= 11 is 0. The second-order valence-electron chi connectivity index (χ2n) is 9.35. The molecule has 220 valence electrons. The Morgan fingerprint density at radius 2 is 1.52 bits per heavy atom. The molecule has 14 heteroatoms. The maximum atomic E-state index is 12.2. The Morgan fingerprint density at radius 3 is 2.20 bits per heavy atom. The van der Waals surface area contributed by atoms with Gasteiger partial charge in [-0.25, -0.2) is 4.79 Å². The number of carboxylic acids is 1. The van der Waals surface area contributed by atoms with E-state index in [0.29, 0.717) is 34.6 Å². The van der Waals surface area contributed by atoms with Gasteiger partial charge in [-0.15, -0.1) is 10.2 Å². The Bertz CT molecular complexity index is 2100. The van der Waals surface area contributed by atoms with Crippen LogP contribution in [-0.4, -0.2) is 35.4 Å². The molecule has 0 saturated carbocycles. The Morgan fingerprint density at radius 1 is 0.818 bits per heavy atom. The molecule has 0 radical (unpaired) electrons. The molecule has 0 aromatic heterocycles. The third kappa shape index (κ3) is 6.56. The second-order valence-corrected chi connectivity index (χ2v) is 10.7. The van der Waals surface area contributed by atoms with Gasteiger partial charge in [-0.2, -0.15) is 18.6 Å². The van der Waals surface area contributed by atoms with E-state index in [4.69, 9.17) is 5.73 Å². The van der Waals surface area contributed by atoms with Gasteiger partial charge < -0.3 is 21.3 Å². The predicted octanol–water partition coefficient (Wildman–Crippen LogP) is 7.46. The number of hydrogen-bond acceptors (Lipinski definition) is 11. The molecule has 0 saturated heterocycles. The number of aromatic carboxylic acids is 1. The summed E-state index contributed by atoms with van der Waals surface area (Å²) in [5.74, 6) is -1.67. The van der Waals surface area contributed by atoms with Gasteiger partial charge in [-0.05, 0) is 84.2 Å². The molecule has 0 atom stereocenters. The molecule has 0 unspecified atom stereocenters. The standard InChI is InChI=1S/C30H22N6O7S/c31-25-15-23(10-11-26(25)35-33-20-7-4-17(16-37)5-8-20)34-36-28-27(44(41,42)43)13-18-6-9-22(14-24(18)29(28)38)32-21-3-1-2-19(12-21)30(39)40/h1-16,32,38H,31H2,(H,39,40)(H,41,42,43). The summed E-state index contributed by atoms with van der Waals surface area (Å²) < 4.78 is 34.3. The summed E-state index contributed by atoms with van der Waals surface area (Å²) in [6.45, 7) is 0. The Labute approximate surface area is 249 Å². The topological polar surface area (TPSA) is 216 Å². The van der Waals surface area contributed by atoms with Crippen molar-refractivity contribution in [3.63, 3.8) is 0 Å². The molecule has 5 rings (SSSR count). The molecule has 0 aliphatic heterocycles. The monoisotopic (exact) mass is 610 g/mol. The van der Waals surface area contributed by atoms with Crippen molar-refractivity contribution in [2.75, 3.05) is 11.1 Å². The maximum Gasteiger partial charge on any atom is 0.335 e. The molecule has 5 aromatic rings. The van der Waals surface area contributed by atoms with E-state index in [0.717, 1.165) is 6.07 Å². The first-order valence-electron chi connectivity index (χ1n) is 12.7. The average molecular weight is 611 g/mol. The molecule has 0 bridgehead atoms. The van der Waals surface area contributed by atoms with Crippen LogP contribution in [0.1, 0.15) is 20.7 Å². The van der Waals surface area contributed by atoms with Gasteiger partial charge in [0.15, 0.2) is 5.75 Å². The number of phenolic OH excluding ortho intramolecular Hbond substituents is 1. The second kappa shape index (κ2) is 12.1. The van der Waals surface area contributed by atoms with Crippen LogP contribution >= 0.6 is 0 Å². The number of azo groups is 2. The van der Waals surface area contributed by atoms with E-state index in [1.165, 1.54) is 42.5 Å². The van der Waals surface area contributed by atoms with Crippen molar-refractivity contribution < 1.29 is 32.8 Å². The zero-order chi connectivity index (χ0) is 31.4. The van der Waals surface area contributed by atoms with Gasteiger partial charge in [0, 0.05) is 22.3 Å². The number of carboxylic acid groups (broad SMARTS) is 1. The van der Waals surface area contributed by atoms with E-state index in [1.54, 1.807) is 42.5 Å². The molecular formula is C30H22N6O7S. The van der Waals surface area contributed by atoms with E-state index >= 15 is 0 Å². The molecule has 0 amide bonds. The number of nitrogens with two attached hydrogens (primary N) is 1. The number of hydrogen-bond donors (Lipinski definition) is 5. The van der Waals surface area contributed by atoms with E-state index < -0.39 is 32.4 Å². The zero-order valence-electron chi connectivity index (χ0n) is 22.5. The lowest BCUT2D eigenvalue weighted by molar-refractivity contribution is 0.0696. The highest BCUT2D eigenvalue weighted by molar-refractivity contribution is 7.86. The number of benzene rings is 5. The lowest BCUT2D eigenvalue weighted by Crippen LogP contribution is -1.99. The molecule has 13 nitrogen and oxygen atoms in total. The fourth-order valence-corrected chi connectivity index (χ4v) is 4.80. The van der Waals surface area contributed by atoms with Crippen LogP contribution < -0.4 is 11.1 Å². The van der Waals surface area contributed by atoms with Crippen LogP contribution in [0.5, 0.6) is 5.75 Å². The first kappa shape index (κ1) is 29.5. The number of nitrogens with zero attached hydrogens (tertiary/aromatic N) is 4. The zero-order valence-corrected chi connectivity index (χ0v) is 23.3. The molecule has 44 heavy (non-hydrogen) atoms. The van der Waals surface area contributed by atoms with Crippen LogP contribution in [0.4, 0.5) is 39.8 Å². The maximum absolute atomic E-state index is 12.2. The quantitative estimate of drug-likeness (QED) is 0.0483. The molecule has 5 aromatic carbocycles. The van der Waals surface area contributed by atoms with Crippen molar-refractivity contribution in [1.82, 2.24) is 0 Å². The highest BCUT2D eigenvalue weighted by atomic mass is 32.2. The van der Waals surface area contributed by atoms with Gasteiger partial charge in [0.2, 0.25) is 0 Å². The summed E-state index contributed by atoms with van der Waals surface area (Å²) in [5.41, 5.74) is 8.23. The third-order valence-corrected chi connectivity index (χ3v) is 7.17. The van der Waals surface area contributed by atoms with Gasteiger partial charge in [-0.1, -0.05) is 12.1 Å². The van der Waals surface area contributed by atoms with Crippen molar-refractivity contribution in [3.8, 4) is 5.75 Å². The van der Waals surface area contributed by atoms with Crippen molar-refractivity contribution in [1.29, 1.82) is 0 Å². The van der Waals surface area contributed by atoms with Gasteiger partial charge in [0.25, 0.3) is 10.1 Å². The van der Waals surface area contributed by atoms with Gasteiger partial charge in [-0.3, -0.25) is 9.35 Å². The van der Waals surface area contributed by atoms with E-state index in [-0.39, 0.29) is 27.7 Å². The summed E-state index contributed by atoms with van der Waals surface area (Å²) in [5, 5.41) is 39.9. The first-order chi connectivity index (χ1) is 21.0. The van der Waals surface area contributed by atoms with Crippen LogP contribution in [-0.2, 0) is 10.1 Å². The van der Waals surface area contributed by atoms with Crippen molar-refractivity contribution in [2.45, 2.75) is 4.90 Å². The number of rotatable bonds is 9. The molecule has 0 spiro atoms. The number of nitrogens with one attached hydrogen (secondary N) is 1. The summed E-state index contributed by atoms with van der Waals surface area (Å²) in [4.78, 5) is 21.4. The Kier molecular flexibility index (Phi) is 8.10. The minimum Gasteiger partial charge on any atom is -0.505 e. The van der Waals surface area contributed by atoms with Crippen molar-refractivity contribution >= 4 is 73.0 Å². The molecule has 0 fully saturated rings. The van der Waals surface area contributed by atoms with Gasteiger partial charge in [0.1, 0.15) is 22.6 Å². The number of carbonyl (C=O) groups is 2. The Balaban J connectivity index is 1.47. The molecule has 6 N–H and O–H groups in total. The molecular weight excluding hydrogens is 588 g/mol. The highest BCUT2D eigenvalue weighted by Crippen LogP contribution is 2.42. The summed E-state index contributed by atoms with van der Waals surface area (Å²) in [6.07, 6.45) is 0.711. The highest BCUT2D eigenvalue weighted by Gasteiger charge is 2.22. The third-order valence-electron chi connectivity index (χ3n) is 6.31. The van der Waals surface area contributed by atoms with E-state index in [1.807, 2.05) is 0 Å². The lowest BCUT2D eigenvalue weighted by atomic mass is 10.1. The number of fused-ring (bicyclic) bond motifs is 1. The van der Waals surface area contributed by atoms with Crippen LogP contribution in [0.25, 0.3) is 10.8 Å². The van der Waals surface area contributed by atoms with Crippen molar-refractivity contribution in [3.05, 3.63) is 102 Å². The normalized spacial score (nSPS) is 11.8. The lowest BCUT2D eigenvalue weighted by Gasteiger charge is -2.12.